The number of para-hydroxylation sites is 3. The van der Waals surface area contributed by atoms with Crippen molar-refractivity contribution in [2.75, 3.05) is 0 Å². The second-order valence-corrected chi connectivity index (χ2v) is 15.7. The van der Waals surface area contributed by atoms with E-state index in [0.717, 1.165) is 68.5 Å². The first kappa shape index (κ1) is 32.1. The van der Waals surface area contributed by atoms with Gasteiger partial charge in [0.25, 0.3) is 0 Å². The molecule has 0 fully saturated rings. The Balaban J connectivity index is 1.03. The molecule has 0 saturated heterocycles. The summed E-state index contributed by atoms with van der Waals surface area (Å²) in [5.41, 5.74) is 10.7. The van der Waals surface area contributed by atoms with Crippen molar-refractivity contribution in [1.82, 2.24) is 19.5 Å². The summed E-state index contributed by atoms with van der Waals surface area (Å²) in [7, 11) is 0. The van der Waals surface area contributed by atoms with Gasteiger partial charge in [0, 0.05) is 64.1 Å². The van der Waals surface area contributed by atoms with Crippen LogP contribution in [0.4, 0.5) is 0 Å². The number of hydrogen-bond donors (Lipinski definition) is 0. The van der Waals surface area contributed by atoms with Crippen LogP contribution in [0.25, 0.3) is 105 Å². The SMILES string of the molecule is C1=c2c(sc3ccc(-n4c5ccccc5c5cc(-c6cccc7c6oc6ccccc67)ccc54)cc23)=C(c2nc(-c3ccccc3)nc(-c3ccccc3)n2)CC1. The number of benzene rings is 7. The molecule has 0 N–H and O–H groups in total. The van der Waals surface area contributed by atoms with E-state index in [1.807, 2.05) is 59.9 Å². The molecule has 1 aliphatic rings. The van der Waals surface area contributed by atoms with Gasteiger partial charge in [-0.25, -0.2) is 15.0 Å². The van der Waals surface area contributed by atoms with E-state index in [1.165, 1.54) is 47.2 Å². The molecule has 4 aromatic heterocycles. The smallest absolute Gasteiger partial charge is 0.164 e. The zero-order valence-corrected chi connectivity index (χ0v) is 31.5. The lowest BCUT2D eigenvalue weighted by atomic mass is 10.0. The van der Waals surface area contributed by atoms with Gasteiger partial charge in [-0.3, -0.25) is 0 Å². The van der Waals surface area contributed by atoms with E-state index in [2.05, 4.69) is 126 Å². The summed E-state index contributed by atoms with van der Waals surface area (Å²) in [5, 5.41) is 7.23. The second kappa shape index (κ2) is 12.7. The van der Waals surface area contributed by atoms with Crippen LogP contribution in [0.2, 0.25) is 0 Å². The Morgan fingerprint density at radius 1 is 0.509 bits per heavy atom. The summed E-state index contributed by atoms with van der Waals surface area (Å²) in [4.78, 5) is 15.2. The van der Waals surface area contributed by atoms with Crippen LogP contribution >= 0.6 is 11.3 Å². The lowest BCUT2D eigenvalue weighted by molar-refractivity contribution is 0.670. The Morgan fingerprint density at radius 2 is 1.19 bits per heavy atom. The van der Waals surface area contributed by atoms with Crippen molar-refractivity contribution in [3.05, 3.63) is 179 Å². The van der Waals surface area contributed by atoms with Gasteiger partial charge in [-0.1, -0.05) is 127 Å². The highest BCUT2D eigenvalue weighted by Crippen LogP contribution is 2.39. The van der Waals surface area contributed by atoms with Crippen LogP contribution in [0, 0.1) is 0 Å². The summed E-state index contributed by atoms with van der Waals surface area (Å²) < 4.78 is 11.4. The third-order valence-corrected chi connectivity index (χ3v) is 12.6. The molecule has 0 amide bonds. The molecule has 0 atom stereocenters. The van der Waals surface area contributed by atoms with E-state index in [0.29, 0.717) is 11.6 Å². The molecule has 5 nitrogen and oxygen atoms in total. The van der Waals surface area contributed by atoms with Gasteiger partial charge in [-0.2, -0.15) is 0 Å². The first-order valence-corrected chi connectivity index (χ1v) is 20.1. The fraction of sp³-hybridized carbons (Fsp3) is 0.0392. The molecule has 0 radical (unpaired) electrons. The Morgan fingerprint density at radius 3 is 2.00 bits per heavy atom. The minimum atomic E-state index is 0.690. The van der Waals surface area contributed by atoms with E-state index < -0.39 is 0 Å². The first-order valence-electron chi connectivity index (χ1n) is 19.3. The van der Waals surface area contributed by atoms with E-state index >= 15 is 0 Å². The lowest BCUT2D eigenvalue weighted by Crippen LogP contribution is -2.26. The molecule has 0 aliphatic heterocycles. The predicted octanol–water partition coefficient (Wildman–Crippen LogP) is 11.9. The van der Waals surface area contributed by atoms with Crippen molar-refractivity contribution < 1.29 is 4.42 Å². The monoisotopic (exact) mass is 748 g/mol. The number of nitrogens with zero attached hydrogens (tertiary/aromatic N) is 4. The van der Waals surface area contributed by atoms with Crippen LogP contribution in [0.5, 0.6) is 0 Å². The van der Waals surface area contributed by atoms with Crippen LogP contribution in [0.15, 0.2) is 168 Å². The number of fused-ring (bicyclic) bond motifs is 9. The van der Waals surface area contributed by atoms with Crippen LogP contribution in [0.3, 0.4) is 0 Å². The van der Waals surface area contributed by atoms with Gasteiger partial charge in [0.2, 0.25) is 0 Å². The molecule has 57 heavy (non-hydrogen) atoms. The summed E-state index contributed by atoms with van der Waals surface area (Å²) in [6.07, 6.45) is 4.19. The zero-order chi connectivity index (χ0) is 37.5. The van der Waals surface area contributed by atoms with Crippen LogP contribution in [-0.2, 0) is 0 Å². The predicted molar refractivity (Wildman–Crippen MR) is 235 cm³/mol. The average molecular weight is 749 g/mol. The number of aromatic nitrogens is 4. The standard InChI is InChI=1S/C51H32N4OS/c1-3-13-31(14-4-1)49-52-50(32-15-5-2-6-16-32)54-51(53-49)40-22-12-21-39-42-30-34(26-28-46(42)57-48(39)40)55-43-23-9-7-17-36(43)41-29-33(25-27-44(41)55)35-19-11-20-38-37-18-8-10-24-45(37)56-47(35)38/h1-11,13-21,23-30H,12,22H2. The lowest BCUT2D eigenvalue weighted by Gasteiger charge is -2.12. The van der Waals surface area contributed by atoms with Gasteiger partial charge >= 0.3 is 0 Å². The molecule has 4 heterocycles. The molecule has 7 aromatic carbocycles. The van der Waals surface area contributed by atoms with Gasteiger partial charge in [-0.15, -0.1) is 11.3 Å². The van der Waals surface area contributed by atoms with Crippen molar-refractivity contribution in [3.63, 3.8) is 0 Å². The number of hydrogen-bond acceptors (Lipinski definition) is 5. The maximum absolute atomic E-state index is 6.46. The van der Waals surface area contributed by atoms with Gasteiger partial charge < -0.3 is 8.98 Å². The number of rotatable bonds is 5. The fourth-order valence-corrected chi connectivity index (χ4v) is 9.95. The third kappa shape index (κ3) is 5.11. The first-order chi connectivity index (χ1) is 28.2. The molecular weight excluding hydrogens is 717 g/mol. The largest absolute Gasteiger partial charge is 0.455 e. The van der Waals surface area contributed by atoms with Crippen molar-refractivity contribution >= 4 is 76.8 Å². The topological polar surface area (TPSA) is 56.7 Å². The van der Waals surface area contributed by atoms with Crippen molar-refractivity contribution in [2.24, 2.45) is 0 Å². The van der Waals surface area contributed by atoms with E-state index in [4.69, 9.17) is 19.4 Å². The third-order valence-electron chi connectivity index (χ3n) is 11.3. The van der Waals surface area contributed by atoms with Crippen LogP contribution < -0.4 is 9.75 Å². The van der Waals surface area contributed by atoms with Crippen molar-refractivity contribution in [1.29, 1.82) is 0 Å². The average Bonchev–Trinajstić information content (AvgIpc) is 3.96. The Labute approximate surface area is 331 Å². The summed E-state index contributed by atoms with van der Waals surface area (Å²) in [5.74, 6) is 2.13. The van der Waals surface area contributed by atoms with Gasteiger partial charge in [0.15, 0.2) is 17.5 Å². The maximum Gasteiger partial charge on any atom is 0.164 e. The molecule has 0 unspecified atom stereocenters. The molecule has 0 bridgehead atoms. The van der Waals surface area contributed by atoms with Crippen LogP contribution in [-0.4, -0.2) is 19.5 Å². The molecule has 11 aromatic rings. The zero-order valence-electron chi connectivity index (χ0n) is 30.7. The van der Waals surface area contributed by atoms with Crippen molar-refractivity contribution in [3.8, 4) is 39.6 Å². The minimum Gasteiger partial charge on any atom is -0.455 e. The minimum absolute atomic E-state index is 0.690. The van der Waals surface area contributed by atoms with Crippen LogP contribution in [0.1, 0.15) is 18.7 Å². The molecule has 6 heteroatoms. The summed E-state index contributed by atoms with van der Waals surface area (Å²) in [6.45, 7) is 0. The Hall–Kier alpha value is -7.15. The number of furan rings is 1. The fourth-order valence-electron chi connectivity index (χ4n) is 8.69. The molecular formula is C51H32N4OS. The Kier molecular flexibility index (Phi) is 7.16. The molecule has 268 valence electrons. The maximum atomic E-state index is 6.46. The van der Waals surface area contributed by atoms with E-state index in [-0.39, 0.29) is 0 Å². The van der Waals surface area contributed by atoms with Gasteiger partial charge in [-0.05, 0) is 66.1 Å². The second-order valence-electron chi connectivity index (χ2n) is 14.6. The van der Waals surface area contributed by atoms with Gasteiger partial charge in [0.05, 0.1) is 11.0 Å². The number of thiophene rings is 1. The molecule has 12 rings (SSSR count). The highest BCUT2D eigenvalue weighted by Gasteiger charge is 2.20. The Bertz CT molecular complexity index is 3470. The highest BCUT2D eigenvalue weighted by molar-refractivity contribution is 7.17. The highest BCUT2D eigenvalue weighted by atomic mass is 32.1. The molecule has 0 saturated carbocycles. The molecule has 0 spiro atoms. The van der Waals surface area contributed by atoms with Crippen molar-refractivity contribution in [2.45, 2.75) is 12.8 Å². The quantitative estimate of drug-likeness (QED) is 0.176. The molecule has 1 aliphatic carbocycles. The van der Waals surface area contributed by atoms with E-state index in [1.54, 1.807) is 0 Å². The normalized spacial score (nSPS) is 12.9. The summed E-state index contributed by atoms with van der Waals surface area (Å²) in [6, 6.07) is 57.7. The van der Waals surface area contributed by atoms with Gasteiger partial charge in [0.1, 0.15) is 11.2 Å². The van der Waals surface area contributed by atoms with E-state index in [9.17, 15) is 0 Å². The summed E-state index contributed by atoms with van der Waals surface area (Å²) >= 11 is 1.83.